The summed E-state index contributed by atoms with van der Waals surface area (Å²) in [4.78, 5) is 18.4. The van der Waals surface area contributed by atoms with Crippen molar-refractivity contribution < 1.29 is 14.3 Å². The molecule has 0 aliphatic heterocycles. The van der Waals surface area contributed by atoms with E-state index in [1.165, 1.54) is 18.4 Å². The number of thiazole rings is 1. The number of esters is 1. The lowest BCUT2D eigenvalue weighted by Gasteiger charge is -2.14. The van der Waals surface area contributed by atoms with E-state index in [1.54, 1.807) is 7.11 Å². The van der Waals surface area contributed by atoms with Crippen molar-refractivity contribution in [1.82, 2.24) is 4.98 Å². The standard InChI is InChI=1S/C11H18N2O3S/c1-8-9(10(14)16-4)17-11(12-8)13(2)6-5-7-15-3/h5-7H2,1-4H3. The van der Waals surface area contributed by atoms with Crippen molar-refractivity contribution in [2.24, 2.45) is 0 Å². The van der Waals surface area contributed by atoms with E-state index in [0.717, 1.165) is 30.4 Å². The summed E-state index contributed by atoms with van der Waals surface area (Å²) in [5.41, 5.74) is 0.718. The van der Waals surface area contributed by atoms with Crippen LogP contribution >= 0.6 is 11.3 Å². The first-order valence-corrected chi connectivity index (χ1v) is 6.17. The molecule has 6 heteroatoms. The number of hydrogen-bond donors (Lipinski definition) is 0. The summed E-state index contributed by atoms with van der Waals surface area (Å²) in [6.45, 7) is 3.38. The molecule has 96 valence electrons. The number of anilines is 1. The molecule has 1 aromatic rings. The van der Waals surface area contributed by atoms with Crippen LogP contribution in [0.2, 0.25) is 0 Å². The van der Waals surface area contributed by atoms with E-state index >= 15 is 0 Å². The second kappa shape index (κ2) is 6.56. The first-order chi connectivity index (χ1) is 8.10. The first kappa shape index (κ1) is 13.9. The number of carbonyl (C=O) groups excluding carboxylic acids is 1. The van der Waals surface area contributed by atoms with Gasteiger partial charge in [-0.25, -0.2) is 9.78 Å². The van der Waals surface area contributed by atoms with Crippen LogP contribution in [0.5, 0.6) is 0 Å². The van der Waals surface area contributed by atoms with Gasteiger partial charge in [-0.1, -0.05) is 11.3 Å². The lowest BCUT2D eigenvalue weighted by atomic mass is 10.4. The van der Waals surface area contributed by atoms with Crippen LogP contribution in [0.25, 0.3) is 0 Å². The quantitative estimate of drug-likeness (QED) is 0.574. The van der Waals surface area contributed by atoms with Gasteiger partial charge in [0.2, 0.25) is 0 Å². The number of nitrogens with zero attached hydrogens (tertiary/aromatic N) is 2. The molecule has 0 spiro atoms. The molecule has 0 fully saturated rings. The zero-order valence-electron chi connectivity index (χ0n) is 10.6. The van der Waals surface area contributed by atoms with E-state index in [2.05, 4.69) is 4.98 Å². The molecule has 0 bridgehead atoms. The van der Waals surface area contributed by atoms with Gasteiger partial charge in [0.25, 0.3) is 0 Å². The van der Waals surface area contributed by atoms with Crippen LogP contribution in [0, 0.1) is 6.92 Å². The SMILES string of the molecule is COCCCN(C)c1nc(C)c(C(=O)OC)s1. The maximum Gasteiger partial charge on any atom is 0.350 e. The largest absolute Gasteiger partial charge is 0.465 e. The number of methoxy groups -OCH3 is 2. The van der Waals surface area contributed by atoms with Gasteiger partial charge in [0.05, 0.1) is 12.8 Å². The molecule has 1 rings (SSSR count). The molecule has 0 unspecified atom stereocenters. The molecule has 0 aliphatic rings. The summed E-state index contributed by atoms with van der Waals surface area (Å²) in [7, 11) is 5.02. The zero-order valence-corrected chi connectivity index (χ0v) is 11.5. The lowest BCUT2D eigenvalue weighted by molar-refractivity contribution is 0.0605. The molecule has 0 N–H and O–H groups in total. The summed E-state index contributed by atoms with van der Waals surface area (Å²) in [6.07, 6.45) is 0.930. The highest BCUT2D eigenvalue weighted by atomic mass is 32.1. The second-order valence-electron chi connectivity index (χ2n) is 3.67. The van der Waals surface area contributed by atoms with E-state index in [-0.39, 0.29) is 5.97 Å². The average Bonchev–Trinajstić information content (AvgIpc) is 2.70. The number of aromatic nitrogens is 1. The third-order valence-corrected chi connectivity index (χ3v) is 3.58. The molecule has 1 heterocycles. The Morgan fingerprint density at radius 2 is 2.18 bits per heavy atom. The summed E-state index contributed by atoms with van der Waals surface area (Å²) in [5, 5.41) is 0.832. The van der Waals surface area contributed by atoms with Gasteiger partial charge in [0.15, 0.2) is 5.13 Å². The second-order valence-corrected chi connectivity index (χ2v) is 4.65. The van der Waals surface area contributed by atoms with Gasteiger partial charge >= 0.3 is 5.97 Å². The molecule has 0 amide bonds. The maximum atomic E-state index is 11.4. The highest BCUT2D eigenvalue weighted by Crippen LogP contribution is 2.25. The summed E-state index contributed by atoms with van der Waals surface area (Å²) in [6, 6.07) is 0. The number of aryl methyl sites for hydroxylation is 1. The zero-order chi connectivity index (χ0) is 12.8. The Morgan fingerprint density at radius 1 is 1.47 bits per heavy atom. The lowest BCUT2D eigenvalue weighted by Crippen LogP contribution is -2.19. The molecule has 0 aromatic carbocycles. The van der Waals surface area contributed by atoms with Crippen molar-refractivity contribution in [2.45, 2.75) is 13.3 Å². The maximum absolute atomic E-state index is 11.4. The van der Waals surface area contributed by atoms with Gasteiger partial charge in [0, 0.05) is 27.3 Å². The van der Waals surface area contributed by atoms with Crippen LogP contribution < -0.4 is 4.90 Å². The summed E-state index contributed by atoms with van der Waals surface area (Å²) in [5.74, 6) is -0.323. The Hall–Kier alpha value is -1.14. The monoisotopic (exact) mass is 258 g/mol. The van der Waals surface area contributed by atoms with Gasteiger partial charge < -0.3 is 14.4 Å². The minimum Gasteiger partial charge on any atom is -0.465 e. The summed E-state index contributed by atoms with van der Waals surface area (Å²) >= 11 is 1.36. The minimum absolute atomic E-state index is 0.323. The Kier molecular flexibility index (Phi) is 5.37. The molecule has 0 saturated heterocycles. The van der Waals surface area contributed by atoms with Crippen LogP contribution in [-0.4, -0.2) is 45.4 Å². The van der Waals surface area contributed by atoms with E-state index in [4.69, 9.17) is 9.47 Å². The molecule has 1 aromatic heterocycles. The van der Waals surface area contributed by atoms with E-state index < -0.39 is 0 Å². The molecular formula is C11H18N2O3S. The van der Waals surface area contributed by atoms with Crippen molar-refractivity contribution >= 4 is 22.4 Å². The molecule has 0 saturated carbocycles. The Labute approximate surface area is 105 Å². The van der Waals surface area contributed by atoms with Crippen LogP contribution in [0.1, 0.15) is 21.8 Å². The predicted molar refractivity (Wildman–Crippen MR) is 68.0 cm³/mol. The number of hydrogen-bond acceptors (Lipinski definition) is 6. The van der Waals surface area contributed by atoms with Gasteiger partial charge in [-0.3, -0.25) is 0 Å². The third kappa shape index (κ3) is 3.67. The van der Waals surface area contributed by atoms with Crippen LogP contribution in [0.15, 0.2) is 0 Å². The highest BCUT2D eigenvalue weighted by Gasteiger charge is 2.17. The Balaban J connectivity index is 2.68. The number of carbonyl (C=O) groups is 1. The number of rotatable bonds is 6. The molecular weight excluding hydrogens is 240 g/mol. The molecule has 0 atom stereocenters. The number of ether oxygens (including phenoxy) is 2. The third-order valence-electron chi connectivity index (χ3n) is 2.32. The predicted octanol–water partition coefficient (Wildman–Crippen LogP) is 1.71. The molecule has 0 radical (unpaired) electrons. The van der Waals surface area contributed by atoms with Gasteiger partial charge in [0.1, 0.15) is 4.88 Å². The minimum atomic E-state index is -0.323. The van der Waals surface area contributed by atoms with Crippen molar-refractivity contribution in [3.63, 3.8) is 0 Å². The van der Waals surface area contributed by atoms with Crippen LogP contribution in [0.4, 0.5) is 5.13 Å². The fourth-order valence-electron chi connectivity index (χ4n) is 1.37. The van der Waals surface area contributed by atoms with E-state index in [9.17, 15) is 4.79 Å². The van der Waals surface area contributed by atoms with Gasteiger partial charge in [-0.2, -0.15) is 0 Å². The van der Waals surface area contributed by atoms with Crippen molar-refractivity contribution in [1.29, 1.82) is 0 Å². The van der Waals surface area contributed by atoms with Gasteiger partial charge in [-0.15, -0.1) is 0 Å². The topological polar surface area (TPSA) is 51.7 Å². The van der Waals surface area contributed by atoms with Crippen molar-refractivity contribution in [2.75, 3.05) is 39.3 Å². The first-order valence-electron chi connectivity index (χ1n) is 5.36. The average molecular weight is 258 g/mol. The van der Waals surface area contributed by atoms with Crippen molar-refractivity contribution in [3.8, 4) is 0 Å². The molecule has 0 aliphatic carbocycles. The van der Waals surface area contributed by atoms with E-state index in [1.807, 2.05) is 18.9 Å². The highest BCUT2D eigenvalue weighted by molar-refractivity contribution is 7.17. The molecule has 5 nitrogen and oxygen atoms in total. The molecule has 17 heavy (non-hydrogen) atoms. The van der Waals surface area contributed by atoms with Gasteiger partial charge in [-0.05, 0) is 13.3 Å². The Bertz CT molecular complexity index is 379. The summed E-state index contributed by atoms with van der Waals surface area (Å²) < 4.78 is 9.70. The van der Waals surface area contributed by atoms with Crippen molar-refractivity contribution in [3.05, 3.63) is 10.6 Å². The fourth-order valence-corrected chi connectivity index (χ4v) is 2.34. The van der Waals surface area contributed by atoms with E-state index in [0.29, 0.717) is 4.88 Å². The van der Waals surface area contributed by atoms with Crippen LogP contribution in [0.3, 0.4) is 0 Å². The fraction of sp³-hybridized carbons (Fsp3) is 0.636. The smallest absolute Gasteiger partial charge is 0.350 e. The normalized spacial score (nSPS) is 10.4. The van der Waals surface area contributed by atoms with Crippen LogP contribution in [-0.2, 0) is 9.47 Å². The Morgan fingerprint density at radius 3 is 2.76 bits per heavy atom.